The standard InChI is InChI=1S/C11H11BrN2O2/c1-7-11(12)8(2)14(13-7)6-9(15)10-4-3-5-16-10/h3-5H,6H2,1-2H3. The van der Waals surface area contributed by atoms with Gasteiger partial charge in [-0.05, 0) is 41.9 Å². The van der Waals surface area contributed by atoms with Crippen molar-refractivity contribution in [1.29, 1.82) is 0 Å². The first-order valence-corrected chi connectivity index (χ1v) is 5.65. The SMILES string of the molecule is Cc1nn(CC(=O)c2ccco2)c(C)c1Br. The van der Waals surface area contributed by atoms with Crippen LogP contribution in [0.4, 0.5) is 0 Å². The van der Waals surface area contributed by atoms with Gasteiger partial charge in [-0.25, -0.2) is 0 Å². The Hall–Kier alpha value is -1.36. The number of ketones is 1. The summed E-state index contributed by atoms with van der Waals surface area (Å²) in [7, 11) is 0. The molecule has 2 aromatic rings. The quantitative estimate of drug-likeness (QED) is 0.814. The molecule has 2 rings (SSSR count). The maximum Gasteiger partial charge on any atom is 0.219 e. The van der Waals surface area contributed by atoms with Crippen molar-refractivity contribution in [3.05, 3.63) is 40.0 Å². The Morgan fingerprint density at radius 2 is 2.31 bits per heavy atom. The number of halogens is 1. The Morgan fingerprint density at radius 1 is 1.56 bits per heavy atom. The van der Waals surface area contributed by atoms with Gasteiger partial charge in [0.1, 0.15) is 6.54 Å². The molecule has 0 atom stereocenters. The van der Waals surface area contributed by atoms with E-state index in [1.165, 1.54) is 6.26 Å². The number of rotatable bonds is 3. The van der Waals surface area contributed by atoms with Gasteiger partial charge in [0.05, 0.1) is 22.1 Å². The van der Waals surface area contributed by atoms with Crippen LogP contribution in [0.5, 0.6) is 0 Å². The molecule has 0 fully saturated rings. The summed E-state index contributed by atoms with van der Waals surface area (Å²) in [6, 6.07) is 3.35. The number of hydrogen-bond acceptors (Lipinski definition) is 3. The number of furan rings is 1. The first kappa shape index (κ1) is 11.1. The molecule has 0 saturated heterocycles. The monoisotopic (exact) mass is 282 g/mol. The van der Waals surface area contributed by atoms with Gasteiger partial charge in [-0.2, -0.15) is 5.10 Å². The molecule has 0 aliphatic heterocycles. The molecule has 0 amide bonds. The van der Waals surface area contributed by atoms with E-state index in [4.69, 9.17) is 4.42 Å². The fourth-order valence-corrected chi connectivity index (χ4v) is 1.76. The van der Waals surface area contributed by atoms with E-state index >= 15 is 0 Å². The largest absolute Gasteiger partial charge is 0.461 e. The molecule has 0 unspecified atom stereocenters. The van der Waals surface area contributed by atoms with Crippen LogP contribution in [0, 0.1) is 13.8 Å². The number of aromatic nitrogens is 2. The van der Waals surface area contributed by atoms with Crippen LogP contribution < -0.4 is 0 Å². The van der Waals surface area contributed by atoms with Gasteiger partial charge in [0.25, 0.3) is 0 Å². The Labute approximate surface area is 101 Å². The van der Waals surface area contributed by atoms with E-state index < -0.39 is 0 Å². The minimum atomic E-state index is -0.0805. The average Bonchev–Trinajstić information content (AvgIpc) is 2.85. The molecule has 4 nitrogen and oxygen atoms in total. The van der Waals surface area contributed by atoms with Crippen molar-refractivity contribution >= 4 is 21.7 Å². The molecule has 0 aromatic carbocycles. The number of aryl methyl sites for hydroxylation is 1. The second-order valence-corrected chi connectivity index (χ2v) is 4.34. The molecule has 2 aromatic heterocycles. The molecule has 0 radical (unpaired) electrons. The number of hydrogen-bond donors (Lipinski definition) is 0. The lowest BCUT2D eigenvalue weighted by Gasteiger charge is -2.01. The van der Waals surface area contributed by atoms with Crippen LogP contribution >= 0.6 is 15.9 Å². The lowest BCUT2D eigenvalue weighted by Crippen LogP contribution is -2.12. The average molecular weight is 283 g/mol. The lowest BCUT2D eigenvalue weighted by atomic mass is 10.3. The molecule has 0 aliphatic carbocycles. The van der Waals surface area contributed by atoms with Gasteiger partial charge in [-0.1, -0.05) is 0 Å². The number of carbonyl (C=O) groups is 1. The predicted molar refractivity (Wildman–Crippen MR) is 62.4 cm³/mol. The van der Waals surface area contributed by atoms with Gasteiger partial charge in [0.15, 0.2) is 5.76 Å². The summed E-state index contributed by atoms with van der Waals surface area (Å²) in [5.74, 6) is 0.284. The third-order valence-electron chi connectivity index (χ3n) is 2.38. The maximum absolute atomic E-state index is 11.8. The van der Waals surface area contributed by atoms with Crippen LogP contribution in [0.3, 0.4) is 0 Å². The Morgan fingerprint density at radius 3 is 2.81 bits per heavy atom. The van der Waals surface area contributed by atoms with Crippen molar-refractivity contribution in [2.24, 2.45) is 0 Å². The molecule has 0 aliphatic rings. The van der Waals surface area contributed by atoms with Gasteiger partial charge in [-0.3, -0.25) is 9.48 Å². The number of nitrogens with zero attached hydrogens (tertiary/aromatic N) is 2. The highest BCUT2D eigenvalue weighted by Crippen LogP contribution is 2.20. The Bertz CT molecular complexity index is 514. The van der Waals surface area contributed by atoms with Gasteiger partial charge >= 0.3 is 0 Å². The number of Topliss-reactive ketones (excluding diaryl/α,β-unsaturated/α-hetero) is 1. The van der Waals surface area contributed by atoms with Crippen molar-refractivity contribution in [2.45, 2.75) is 20.4 Å². The summed E-state index contributed by atoms with van der Waals surface area (Å²) >= 11 is 3.42. The van der Waals surface area contributed by atoms with Gasteiger partial charge in [0, 0.05) is 0 Å². The van der Waals surface area contributed by atoms with Crippen LogP contribution in [0.15, 0.2) is 27.3 Å². The van der Waals surface area contributed by atoms with E-state index in [1.54, 1.807) is 16.8 Å². The van der Waals surface area contributed by atoms with Gasteiger partial charge < -0.3 is 4.42 Å². The van der Waals surface area contributed by atoms with E-state index in [9.17, 15) is 4.79 Å². The van der Waals surface area contributed by atoms with Crippen LogP contribution in [-0.2, 0) is 6.54 Å². The molecule has 0 N–H and O–H groups in total. The molecule has 0 bridgehead atoms. The Balaban J connectivity index is 2.22. The molecular formula is C11H11BrN2O2. The second-order valence-electron chi connectivity index (χ2n) is 3.54. The molecule has 0 saturated carbocycles. The summed E-state index contributed by atoms with van der Waals surface area (Å²) in [6.45, 7) is 4.01. The van der Waals surface area contributed by atoms with Crippen molar-refractivity contribution in [3.63, 3.8) is 0 Å². The van der Waals surface area contributed by atoms with Gasteiger partial charge in [0.2, 0.25) is 5.78 Å². The van der Waals surface area contributed by atoms with E-state index in [0.717, 1.165) is 15.9 Å². The second kappa shape index (κ2) is 4.25. The van der Waals surface area contributed by atoms with E-state index in [0.29, 0.717) is 5.76 Å². The summed E-state index contributed by atoms with van der Waals surface area (Å²) < 4.78 is 7.66. The normalized spacial score (nSPS) is 10.7. The van der Waals surface area contributed by atoms with Crippen LogP contribution in [0.1, 0.15) is 21.9 Å². The highest BCUT2D eigenvalue weighted by atomic mass is 79.9. The zero-order valence-corrected chi connectivity index (χ0v) is 10.6. The topological polar surface area (TPSA) is 48.0 Å². The summed E-state index contributed by atoms with van der Waals surface area (Å²) in [4.78, 5) is 11.8. The van der Waals surface area contributed by atoms with Gasteiger partial charge in [-0.15, -0.1) is 0 Å². The van der Waals surface area contributed by atoms with Crippen LogP contribution in [-0.4, -0.2) is 15.6 Å². The smallest absolute Gasteiger partial charge is 0.219 e. The highest BCUT2D eigenvalue weighted by molar-refractivity contribution is 9.10. The van der Waals surface area contributed by atoms with Crippen molar-refractivity contribution in [3.8, 4) is 0 Å². The summed E-state index contributed by atoms with van der Waals surface area (Å²) in [5, 5.41) is 4.27. The summed E-state index contributed by atoms with van der Waals surface area (Å²) in [6.07, 6.45) is 1.49. The third-order valence-corrected chi connectivity index (χ3v) is 3.53. The maximum atomic E-state index is 11.8. The number of carbonyl (C=O) groups excluding carboxylic acids is 1. The molecule has 16 heavy (non-hydrogen) atoms. The minimum Gasteiger partial charge on any atom is -0.461 e. The molecule has 2 heterocycles. The van der Waals surface area contributed by atoms with E-state index in [1.807, 2.05) is 13.8 Å². The zero-order chi connectivity index (χ0) is 11.7. The first-order chi connectivity index (χ1) is 7.59. The minimum absolute atomic E-state index is 0.0805. The Kier molecular flexibility index (Phi) is 2.96. The van der Waals surface area contributed by atoms with Crippen LogP contribution in [0.2, 0.25) is 0 Å². The predicted octanol–water partition coefficient (Wildman–Crippen LogP) is 2.74. The first-order valence-electron chi connectivity index (χ1n) is 4.86. The van der Waals surface area contributed by atoms with Crippen molar-refractivity contribution in [1.82, 2.24) is 9.78 Å². The third kappa shape index (κ3) is 1.95. The lowest BCUT2D eigenvalue weighted by molar-refractivity contribution is 0.0939. The fraction of sp³-hybridized carbons (Fsp3) is 0.273. The fourth-order valence-electron chi connectivity index (χ4n) is 1.48. The zero-order valence-electron chi connectivity index (χ0n) is 9.03. The highest BCUT2D eigenvalue weighted by Gasteiger charge is 2.14. The van der Waals surface area contributed by atoms with E-state index in [2.05, 4.69) is 21.0 Å². The van der Waals surface area contributed by atoms with Crippen molar-refractivity contribution in [2.75, 3.05) is 0 Å². The van der Waals surface area contributed by atoms with Crippen molar-refractivity contribution < 1.29 is 9.21 Å². The molecule has 0 spiro atoms. The molecule has 84 valence electrons. The summed E-state index contributed by atoms with van der Waals surface area (Å²) in [5.41, 5.74) is 1.82. The molecular weight excluding hydrogens is 272 g/mol. The molecule has 5 heteroatoms. The van der Waals surface area contributed by atoms with E-state index in [-0.39, 0.29) is 12.3 Å². The van der Waals surface area contributed by atoms with Crippen LogP contribution in [0.25, 0.3) is 0 Å².